The molecule has 1 aliphatic rings. The minimum absolute atomic E-state index is 0.0610. The van der Waals surface area contributed by atoms with Crippen LogP contribution in [0.2, 0.25) is 5.02 Å². The molecule has 24 heavy (non-hydrogen) atoms. The molecule has 0 bridgehead atoms. The van der Waals surface area contributed by atoms with Crippen molar-refractivity contribution in [2.45, 2.75) is 19.8 Å². The lowest BCUT2D eigenvalue weighted by molar-refractivity contribution is -0.122. The Morgan fingerprint density at radius 1 is 1.50 bits per heavy atom. The first-order valence-corrected chi connectivity index (χ1v) is 8.56. The van der Waals surface area contributed by atoms with E-state index in [9.17, 15) is 14.0 Å². The van der Waals surface area contributed by atoms with Crippen LogP contribution in [-0.4, -0.2) is 28.6 Å². The minimum Gasteiger partial charge on any atom is -0.312 e. The van der Waals surface area contributed by atoms with Gasteiger partial charge in [0, 0.05) is 18.7 Å². The first-order valence-electron chi connectivity index (χ1n) is 7.36. The van der Waals surface area contributed by atoms with E-state index < -0.39 is 11.7 Å². The predicted octanol–water partition coefficient (Wildman–Crippen LogP) is 2.88. The van der Waals surface area contributed by atoms with Crippen molar-refractivity contribution in [1.29, 1.82) is 0 Å². The summed E-state index contributed by atoms with van der Waals surface area (Å²) in [5.74, 6) is -1.54. The number of amides is 2. The van der Waals surface area contributed by atoms with Gasteiger partial charge in [0.2, 0.25) is 16.9 Å². The number of rotatable bonds is 4. The summed E-state index contributed by atoms with van der Waals surface area (Å²) < 4.78 is 13.2. The smallest absolute Gasteiger partial charge is 0.231 e. The van der Waals surface area contributed by atoms with Gasteiger partial charge in [-0.25, -0.2) is 4.39 Å². The molecule has 0 saturated carbocycles. The third-order valence-corrected chi connectivity index (χ3v) is 4.98. The average molecular weight is 369 g/mol. The summed E-state index contributed by atoms with van der Waals surface area (Å²) in [5, 5.41) is 11.7. The number of nitrogens with one attached hydrogen (secondary N) is 1. The molecule has 0 radical (unpaired) electrons. The van der Waals surface area contributed by atoms with Crippen LogP contribution in [0, 0.1) is 11.7 Å². The summed E-state index contributed by atoms with van der Waals surface area (Å²) in [6.45, 7) is 2.17. The quantitative estimate of drug-likeness (QED) is 0.900. The van der Waals surface area contributed by atoms with Gasteiger partial charge in [0.05, 0.1) is 10.9 Å². The van der Waals surface area contributed by atoms with E-state index in [1.54, 1.807) is 0 Å². The third kappa shape index (κ3) is 3.39. The summed E-state index contributed by atoms with van der Waals surface area (Å²) >= 11 is 7.07. The normalized spacial score (nSPS) is 17.4. The van der Waals surface area contributed by atoms with E-state index in [1.807, 2.05) is 6.92 Å². The predicted molar refractivity (Wildman–Crippen MR) is 89.8 cm³/mol. The summed E-state index contributed by atoms with van der Waals surface area (Å²) in [5.41, 5.74) is 0.478. The van der Waals surface area contributed by atoms with E-state index in [-0.39, 0.29) is 29.8 Å². The van der Waals surface area contributed by atoms with Crippen molar-refractivity contribution < 1.29 is 14.0 Å². The molecule has 2 aromatic rings. The third-order valence-electron chi connectivity index (χ3n) is 3.71. The van der Waals surface area contributed by atoms with E-state index in [0.717, 1.165) is 11.4 Å². The Labute approximate surface area is 146 Å². The molecule has 2 heterocycles. The molecule has 3 rings (SSSR count). The largest absolute Gasteiger partial charge is 0.312 e. The van der Waals surface area contributed by atoms with E-state index in [2.05, 4.69) is 15.5 Å². The summed E-state index contributed by atoms with van der Waals surface area (Å²) in [4.78, 5) is 25.9. The van der Waals surface area contributed by atoms with Gasteiger partial charge >= 0.3 is 0 Å². The van der Waals surface area contributed by atoms with Crippen molar-refractivity contribution in [3.63, 3.8) is 0 Å². The molecule has 1 aromatic carbocycles. The highest BCUT2D eigenvalue weighted by atomic mass is 35.5. The van der Waals surface area contributed by atoms with Gasteiger partial charge in [-0.1, -0.05) is 29.9 Å². The van der Waals surface area contributed by atoms with Gasteiger partial charge < -0.3 is 10.2 Å². The number of hydrogen-bond donors (Lipinski definition) is 1. The van der Waals surface area contributed by atoms with Crippen LogP contribution in [0.15, 0.2) is 18.2 Å². The number of carbonyl (C=O) groups excluding carboxylic acids is 2. The number of halogens is 2. The van der Waals surface area contributed by atoms with Gasteiger partial charge in [-0.2, -0.15) is 0 Å². The van der Waals surface area contributed by atoms with Gasteiger partial charge in [0.15, 0.2) is 0 Å². The van der Waals surface area contributed by atoms with Crippen molar-refractivity contribution in [1.82, 2.24) is 10.2 Å². The SMILES string of the molecule is CCc1nnc(NC(=O)[C@H]2CC(=O)N(c3ccc(F)c(Cl)c3)C2)s1. The fourth-order valence-corrected chi connectivity index (χ4v) is 3.30. The summed E-state index contributed by atoms with van der Waals surface area (Å²) in [6, 6.07) is 4.05. The molecule has 1 fully saturated rings. The van der Waals surface area contributed by atoms with Crippen LogP contribution in [0.25, 0.3) is 0 Å². The van der Waals surface area contributed by atoms with Gasteiger partial charge in [0.1, 0.15) is 10.8 Å². The van der Waals surface area contributed by atoms with Crippen LogP contribution >= 0.6 is 22.9 Å². The Kier molecular flexibility index (Phi) is 4.77. The number of nitrogens with zero attached hydrogens (tertiary/aromatic N) is 3. The molecule has 1 aliphatic heterocycles. The fourth-order valence-electron chi connectivity index (χ4n) is 2.44. The molecular formula is C15H14ClFN4O2S. The molecule has 1 atom stereocenters. The zero-order valence-electron chi connectivity index (χ0n) is 12.8. The zero-order valence-corrected chi connectivity index (χ0v) is 14.3. The van der Waals surface area contributed by atoms with Gasteiger partial charge in [-0.15, -0.1) is 10.2 Å². The van der Waals surface area contributed by atoms with Crippen LogP contribution in [0.4, 0.5) is 15.2 Å². The van der Waals surface area contributed by atoms with Crippen molar-refractivity contribution >= 4 is 45.6 Å². The van der Waals surface area contributed by atoms with Crippen LogP contribution in [0.1, 0.15) is 18.4 Å². The Hall–Kier alpha value is -2.06. The second kappa shape index (κ2) is 6.82. The van der Waals surface area contributed by atoms with Crippen molar-refractivity contribution in [3.05, 3.63) is 34.0 Å². The Morgan fingerprint density at radius 3 is 2.96 bits per heavy atom. The lowest BCUT2D eigenvalue weighted by atomic mass is 10.1. The van der Waals surface area contributed by atoms with Crippen LogP contribution in [0.5, 0.6) is 0 Å². The number of aryl methyl sites for hydroxylation is 1. The number of benzene rings is 1. The van der Waals surface area contributed by atoms with Gasteiger partial charge in [-0.05, 0) is 24.6 Å². The highest BCUT2D eigenvalue weighted by molar-refractivity contribution is 7.15. The summed E-state index contributed by atoms with van der Waals surface area (Å²) in [7, 11) is 0. The number of carbonyl (C=O) groups is 2. The maximum atomic E-state index is 13.2. The first-order chi connectivity index (χ1) is 11.5. The maximum absolute atomic E-state index is 13.2. The summed E-state index contributed by atoms with van der Waals surface area (Å²) in [6.07, 6.45) is 0.828. The molecule has 9 heteroatoms. The standard InChI is InChI=1S/C15H14ClFN4O2S/c1-2-12-19-20-15(24-12)18-14(23)8-5-13(22)21(7-8)9-3-4-11(17)10(16)6-9/h3-4,6,8H,2,5,7H2,1H3,(H,18,20,23)/t8-/m0/s1. The molecule has 6 nitrogen and oxygen atoms in total. The van der Waals surface area contributed by atoms with Crippen molar-refractivity contribution in [2.24, 2.45) is 5.92 Å². The highest BCUT2D eigenvalue weighted by Crippen LogP contribution is 2.29. The molecule has 2 amide bonds. The molecular weight excluding hydrogens is 355 g/mol. The molecule has 1 N–H and O–H groups in total. The molecule has 0 unspecified atom stereocenters. The van der Waals surface area contributed by atoms with Crippen LogP contribution in [0.3, 0.4) is 0 Å². The second-order valence-electron chi connectivity index (χ2n) is 5.35. The fraction of sp³-hybridized carbons (Fsp3) is 0.333. The molecule has 0 spiro atoms. The van der Waals surface area contributed by atoms with Crippen LogP contribution < -0.4 is 10.2 Å². The number of anilines is 2. The lowest BCUT2D eigenvalue weighted by Crippen LogP contribution is -2.28. The molecule has 1 aromatic heterocycles. The Bertz CT molecular complexity index is 798. The monoisotopic (exact) mass is 368 g/mol. The maximum Gasteiger partial charge on any atom is 0.231 e. The van der Waals surface area contributed by atoms with E-state index in [1.165, 1.54) is 34.4 Å². The van der Waals surface area contributed by atoms with E-state index in [4.69, 9.17) is 11.6 Å². The topological polar surface area (TPSA) is 75.2 Å². The van der Waals surface area contributed by atoms with Crippen molar-refractivity contribution in [3.8, 4) is 0 Å². The Morgan fingerprint density at radius 2 is 2.29 bits per heavy atom. The first kappa shape index (κ1) is 16.8. The van der Waals surface area contributed by atoms with Crippen molar-refractivity contribution in [2.75, 3.05) is 16.8 Å². The molecule has 126 valence electrons. The van der Waals surface area contributed by atoms with E-state index >= 15 is 0 Å². The van der Waals surface area contributed by atoms with Gasteiger partial charge in [-0.3, -0.25) is 9.59 Å². The lowest BCUT2D eigenvalue weighted by Gasteiger charge is -2.17. The number of aromatic nitrogens is 2. The molecule has 1 saturated heterocycles. The highest BCUT2D eigenvalue weighted by Gasteiger charge is 2.35. The van der Waals surface area contributed by atoms with Gasteiger partial charge in [0.25, 0.3) is 0 Å². The molecule has 0 aliphatic carbocycles. The zero-order chi connectivity index (χ0) is 17.3. The van der Waals surface area contributed by atoms with E-state index in [0.29, 0.717) is 10.8 Å². The van der Waals surface area contributed by atoms with Crippen LogP contribution in [-0.2, 0) is 16.0 Å². The second-order valence-corrected chi connectivity index (χ2v) is 6.82. The number of hydrogen-bond acceptors (Lipinski definition) is 5. The average Bonchev–Trinajstić information content (AvgIpc) is 3.16. The Balaban J connectivity index is 1.69. The minimum atomic E-state index is -0.552.